The van der Waals surface area contributed by atoms with Crippen LogP contribution in [0.15, 0.2) is 30.7 Å². The van der Waals surface area contributed by atoms with E-state index in [-0.39, 0.29) is 5.91 Å². The summed E-state index contributed by atoms with van der Waals surface area (Å²) in [5.41, 5.74) is 1.44. The van der Waals surface area contributed by atoms with Crippen LogP contribution in [-0.4, -0.2) is 51.4 Å². The first-order valence-corrected chi connectivity index (χ1v) is 10.7. The number of piperidine rings is 1. The van der Waals surface area contributed by atoms with E-state index < -0.39 is 0 Å². The van der Waals surface area contributed by atoms with E-state index in [2.05, 4.69) is 16.8 Å². The van der Waals surface area contributed by atoms with Gasteiger partial charge < -0.3 is 14.4 Å². The maximum atomic E-state index is 13.2. The number of halogens is 2. The Morgan fingerprint density at radius 1 is 1.14 bits per heavy atom. The van der Waals surface area contributed by atoms with Crippen LogP contribution in [0, 0.1) is 17.8 Å². The summed E-state index contributed by atoms with van der Waals surface area (Å²) in [4.78, 5) is 22.0. The molecular formula is C21H26Cl2N4O. The molecule has 2 fully saturated rings. The number of amides is 1. The molecule has 7 heteroatoms. The molecule has 1 saturated carbocycles. The Morgan fingerprint density at radius 3 is 2.39 bits per heavy atom. The smallest absolute Gasteiger partial charge is 0.274 e. The molecule has 28 heavy (non-hydrogen) atoms. The second kappa shape index (κ2) is 8.05. The number of imidazole rings is 1. The van der Waals surface area contributed by atoms with Gasteiger partial charge in [0.15, 0.2) is 0 Å². The maximum Gasteiger partial charge on any atom is 0.274 e. The van der Waals surface area contributed by atoms with Crippen LogP contribution in [0.25, 0.3) is 0 Å². The Labute approximate surface area is 176 Å². The highest BCUT2D eigenvalue weighted by molar-refractivity contribution is 6.34. The summed E-state index contributed by atoms with van der Waals surface area (Å²) < 4.78 is 1.92. The van der Waals surface area contributed by atoms with Gasteiger partial charge in [-0.3, -0.25) is 4.79 Å². The molecule has 2 aliphatic rings. The summed E-state index contributed by atoms with van der Waals surface area (Å²) in [6.07, 6.45) is 3.54. The fourth-order valence-electron chi connectivity index (χ4n) is 4.47. The molecule has 1 saturated heterocycles. The van der Waals surface area contributed by atoms with Crippen LogP contribution in [0.5, 0.6) is 0 Å². The molecule has 2 aromatic rings. The second-order valence-electron chi connectivity index (χ2n) is 7.90. The lowest BCUT2D eigenvalue weighted by Crippen LogP contribution is -2.35. The van der Waals surface area contributed by atoms with Crippen LogP contribution in [0.1, 0.15) is 29.9 Å². The van der Waals surface area contributed by atoms with E-state index in [9.17, 15) is 4.79 Å². The standard InChI is InChI=1S/C21H26Cl2N4O/c1-3-25-9-17-18(10-25)19(17)11-27(8-14-5-15(22)7-16(23)6-14)21(28)20-12-26(4-2)13-24-20/h5-7,12-13,17-19H,3-4,8-11H2,1-2H3. The molecule has 1 aromatic heterocycles. The molecule has 4 rings (SSSR count). The van der Waals surface area contributed by atoms with Crippen LogP contribution >= 0.6 is 23.2 Å². The van der Waals surface area contributed by atoms with Gasteiger partial charge in [0.1, 0.15) is 5.69 Å². The molecule has 150 valence electrons. The van der Waals surface area contributed by atoms with Crippen molar-refractivity contribution in [3.05, 3.63) is 52.0 Å². The zero-order chi connectivity index (χ0) is 19.8. The molecule has 1 aliphatic heterocycles. The minimum Gasteiger partial charge on any atom is -0.337 e. The van der Waals surface area contributed by atoms with Crippen molar-refractivity contribution in [2.45, 2.75) is 26.9 Å². The van der Waals surface area contributed by atoms with Gasteiger partial charge in [-0.2, -0.15) is 0 Å². The van der Waals surface area contributed by atoms with Gasteiger partial charge in [0.2, 0.25) is 0 Å². The lowest BCUT2D eigenvalue weighted by atomic mass is 10.1. The second-order valence-corrected chi connectivity index (χ2v) is 8.77. The SMILES string of the molecule is CCN1CC2C(C1)C2CN(Cc1cc(Cl)cc(Cl)c1)C(=O)c1cn(CC)cn1. The van der Waals surface area contributed by atoms with Crippen molar-refractivity contribution in [1.29, 1.82) is 0 Å². The summed E-state index contributed by atoms with van der Waals surface area (Å²) >= 11 is 12.3. The van der Waals surface area contributed by atoms with Crippen molar-refractivity contribution in [3.63, 3.8) is 0 Å². The highest BCUT2D eigenvalue weighted by Gasteiger charge is 2.55. The summed E-state index contributed by atoms with van der Waals surface area (Å²) in [6, 6.07) is 5.47. The van der Waals surface area contributed by atoms with E-state index in [0.717, 1.165) is 38.3 Å². The Kier molecular flexibility index (Phi) is 5.68. The van der Waals surface area contributed by atoms with E-state index in [0.29, 0.717) is 40.0 Å². The number of carbonyl (C=O) groups is 1. The van der Waals surface area contributed by atoms with Gasteiger partial charge in [-0.15, -0.1) is 0 Å². The normalized spacial score (nSPS) is 23.6. The van der Waals surface area contributed by atoms with Gasteiger partial charge in [-0.25, -0.2) is 4.98 Å². The number of rotatable bonds is 7. The Morgan fingerprint density at radius 2 is 1.82 bits per heavy atom. The molecule has 1 aliphatic carbocycles. The van der Waals surface area contributed by atoms with Crippen molar-refractivity contribution in [1.82, 2.24) is 19.4 Å². The lowest BCUT2D eigenvalue weighted by Gasteiger charge is -2.25. The Hall–Kier alpha value is -1.56. The number of nitrogens with zero attached hydrogens (tertiary/aromatic N) is 4. The quantitative estimate of drug-likeness (QED) is 0.678. The van der Waals surface area contributed by atoms with Crippen LogP contribution in [-0.2, 0) is 13.1 Å². The first-order valence-electron chi connectivity index (χ1n) is 9.96. The minimum atomic E-state index is -0.0272. The Balaban J connectivity index is 1.52. The van der Waals surface area contributed by atoms with Gasteiger partial charge in [-0.1, -0.05) is 30.1 Å². The van der Waals surface area contributed by atoms with Gasteiger partial charge in [-0.05, 0) is 55.0 Å². The van der Waals surface area contributed by atoms with Gasteiger partial charge >= 0.3 is 0 Å². The molecule has 0 bridgehead atoms. The predicted octanol–water partition coefficient (Wildman–Crippen LogP) is 4.05. The average Bonchev–Trinajstić information content (AvgIpc) is 3.07. The number of likely N-dealkylation sites (tertiary alicyclic amines) is 1. The van der Waals surface area contributed by atoms with E-state index >= 15 is 0 Å². The largest absolute Gasteiger partial charge is 0.337 e. The van der Waals surface area contributed by atoms with Crippen molar-refractivity contribution in [2.75, 3.05) is 26.2 Å². The van der Waals surface area contributed by atoms with Crippen LogP contribution in [0.3, 0.4) is 0 Å². The van der Waals surface area contributed by atoms with Crippen LogP contribution in [0.4, 0.5) is 0 Å². The molecular weight excluding hydrogens is 395 g/mol. The number of fused-ring (bicyclic) bond motifs is 1. The third kappa shape index (κ3) is 4.07. The maximum absolute atomic E-state index is 13.2. The lowest BCUT2D eigenvalue weighted by molar-refractivity contribution is 0.0719. The molecule has 2 heterocycles. The molecule has 0 N–H and O–H groups in total. The first kappa shape index (κ1) is 19.7. The topological polar surface area (TPSA) is 41.4 Å². The summed E-state index contributed by atoms with van der Waals surface area (Å²) in [5.74, 6) is 1.98. The highest BCUT2D eigenvalue weighted by atomic mass is 35.5. The zero-order valence-electron chi connectivity index (χ0n) is 16.3. The number of carbonyl (C=O) groups excluding carboxylic acids is 1. The minimum absolute atomic E-state index is 0.0272. The molecule has 5 nitrogen and oxygen atoms in total. The van der Waals surface area contributed by atoms with Crippen molar-refractivity contribution >= 4 is 29.1 Å². The number of hydrogen-bond acceptors (Lipinski definition) is 3. The molecule has 1 amide bonds. The van der Waals surface area contributed by atoms with Gasteiger partial charge in [0.05, 0.1) is 6.33 Å². The summed E-state index contributed by atoms with van der Waals surface area (Å²) in [6.45, 7) is 9.71. The van der Waals surface area contributed by atoms with E-state index in [4.69, 9.17) is 23.2 Å². The third-order valence-electron chi connectivity index (χ3n) is 6.13. The molecule has 2 atom stereocenters. The monoisotopic (exact) mass is 420 g/mol. The van der Waals surface area contributed by atoms with Crippen LogP contribution < -0.4 is 0 Å². The highest BCUT2D eigenvalue weighted by Crippen LogP contribution is 2.52. The number of aryl methyl sites for hydroxylation is 1. The average molecular weight is 421 g/mol. The zero-order valence-corrected chi connectivity index (χ0v) is 17.8. The van der Waals surface area contributed by atoms with E-state index in [1.54, 1.807) is 12.4 Å². The fraction of sp³-hybridized carbons (Fsp3) is 0.524. The molecule has 0 spiro atoms. The molecule has 2 unspecified atom stereocenters. The predicted molar refractivity (Wildman–Crippen MR) is 112 cm³/mol. The summed E-state index contributed by atoms with van der Waals surface area (Å²) in [5, 5.41) is 1.18. The number of aromatic nitrogens is 2. The third-order valence-corrected chi connectivity index (χ3v) is 6.56. The molecule has 0 radical (unpaired) electrons. The first-order chi connectivity index (χ1) is 13.5. The van der Waals surface area contributed by atoms with Crippen molar-refractivity contribution in [3.8, 4) is 0 Å². The summed E-state index contributed by atoms with van der Waals surface area (Å²) in [7, 11) is 0. The Bertz CT molecular complexity index is 836. The number of hydrogen-bond donors (Lipinski definition) is 0. The fourth-order valence-corrected chi connectivity index (χ4v) is 5.04. The molecule has 1 aromatic carbocycles. The van der Waals surface area contributed by atoms with Crippen molar-refractivity contribution < 1.29 is 4.79 Å². The van der Waals surface area contributed by atoms with Crippen molar-refractivity contribution in [2.24, 2.45) is 17.8 Å². The number of benzene rings is 1. The van der Waals surface area contributed by atoms with E-state index in [1.165, 1.54) is 0 Å². The van der Waals surface area contributed by atoms with Gasteiger partial charge in [0.25, 0.3) is 5.91 Å². The van der Waals surface area contributed by atoms with Gasteiger partial charge in [0, 0.05) is 49.0 Å². The van der Waals surface area contributed by atoms with Crippen LogP contribution in [0.2, 0.25) is 10.0 Å². The van der Waals surface area contributed by atoms with E-state index in [1.807, 2.05) is 34.7 Å².